The van der Waals surface area contributed by atoms with Crippen molar-refractivity contribution >= 4 is 0 Å². The molecule has 2 heteroatoms. The number of nitrogens with one attached hydrogen (secondary N) is 1. The monoisotopic (exact) mass is 233 g/mol. The van der Waals surface area contributed by atoms with E-state index < -0.39 is 0 Å². The Bertz CT molecular complexity index is 364. The van der Waals surface area contributed by atoms with Crippen LogP contribution in [-0.2, 0) is 0 Å². The number of aromatic hydroxyl groups is 1. The Morgan fingerprint density at radius 1 is 1.41 bits per heavy atom. The van der Waals surface area contributed by atoms with Crippen LogP contribution < -0.4 is 5.32 Å². The van der Waals surface area contributed by atoms with Crippen molar-refractivity contribution in [1.82, 2.24) is 5.32 Å². The van der Waals surface area contributed by atoms with Crippen LogP contribution in [0.5, 0.6) is 5.75 Å². The topological polar surface area (TPSA) is 32.3 Å². The zero-order valence-corrected chi connectivity index (χ0v) is 10.8. The summed E-state index contributed by atoms with van der Waals surface area (Å²) >= 11 is 0. The molecule has 2 N–H and O–H groups in total. The minimum Gasteiger partial charge on any atom is -0.508 e. The summed E-state index contributed by atoms with van der Waals surface area (Å²) in [7, 11) is 0. The molecule has 1 aromatic rings. The van der Waals surface area contributed by atoms with Gasteiger partial charge < -0.3 is 10.4 Å². The van der Waals surface area contributed by atoms with Crippen molar-refractivity contribution in [3.63, 3.8) is 0 Å². The smallest absolute Gasteiger partial charge is 0.115 e. The maximum atomic E-state index is 9.46. The van der Waals surface area contributed by atoms with Crippen LogP contribution in [0.25, 0.3) is 0 Å². The molecule has 0 bridgehead atoms. The second-order valence-corrected chi connectivity index (χ2v) is 5.39. The molecule has 0 spiro atoms. The maximum absolute atomic E-state index is 9.46. The Hall–Kier alpha value is -1.02. The molecule has 0 saturated heterocycles. The number of rotatable bonds is 4. The van der Waals surface area contributed by atoms with Crippen molar-refractivity contribution in [1.29, 1.82) is 0 Å². The Morgan fingerprint density at radius 2 is 2.24 bits per heavy atom. The third-order valence-electron chi connectivity index (χ3n) is 4.10. The SMILES string of the molecule is CC(NCC1CCCC1C)c1cccc(O)c1. The fourth-order valence-corrected chi connectivity index (χ4v) is 2.77. The van der Waals surface area contributed by atoms with E-state index >= 15 is 0 Å². The lowest BCUT2D eigenvalue weighted by molar-refractivity contribution is 0.374. The van der Waals surface area contributed by atoms with E-state index in [1.165, 1.54) is 19.3 Å². The number of phenolic OH excluding ortho intramolecular Hbond substituents is 1. The molecule has 1 saturated carbocycles. The van der Waals surface area contributed by atoms with Gasteiger partial charge in [-0.05, 0) is 49.4 Å². The van der Waals surface area contributed by atoms with Gasteiger partial charge in [0.1, 0.15) is 5.75 Å². The van der Waals surface area contributed by atoms with Gasteiger partial charge in [-0.1, -0.05) is 31.9 Å². The van der Waals surface area contributed by atoms with Crippen molar-refractivity contribution in [2.24, 2.45) is 11.8 Å². The van der Waals surface area contributed by atoms with E-state index in [0.717, 1.165) is 23.9 Å². The van der Waals surface area contributed by atoms with Crippen LogP contribution in [0.15, 0.2) is 24.3 Å². The van der Waals surface area contributed by atoms with Gasteiger partial charge in [-0.25, -0.2) is 0 Å². The van der Waals surface area contributed by atoms with E-state index in [2.05, 4.69) is 25.2 Å². The molecule has 1 aromatic carbocycles. The first-order valence-corrected chi connectivity index (χ1v) is 6.69. The average molecular weight is 233 g/mol. The quantitative estimate of drug-likeness (QED) is 0.834. The molecule has 94 valence electrons. The molecule has 0 radical (unpaired) electrons. The number of hydrogen-bond acceptors (Lipinski definition) is 2. The fourth-order valence-electron chi connectivity index (χ4n) is 2.77. The van der Waals surface area contributed by atoms with Crippen LogP contribution in [-0.4, -0.2) is 11.7 Å². The van der Waals surface area contributed by atoms with E-state index in [9.17, 15) is 5.11 Å². The molecule has 3 unspecified atom stereocenters. The highest BCUT2D eigenvalue weighted by molar-refractivity contribution is 5.28. The highest BCUT2D eigenvalue weighted by Gasteiger charge is 2.23. The van der Waals surface area contributed by atoms with Gasteiger partial charge in [-0.2, -0.15) is 0 Å². The maximum Gasteiger partial charge on any atom is 0.115 e. The van der Waals surface area contributed by atoms with Gasteiger partial charge >= 0.3 is 0 Å². The van der Waals surface area contributed by atoms with Gasteiger partial charge in [0.15, 0.2) is 0 Å². The minimum atomic E-state index is 0.315. The number of phenols is 1. The number of benzene rings is 1. The van der Waals surface area contributed by atoms with Crippen molar-refractivity contribution in [2.75, 3.05) is 6.54 Å². The zero-order chi connectivity index (χ0) is 12.3. The lowest BCUT2D eigenvalue weighted by Crippen LogP contribution is -2.26. The third kappa shape index (κ3) is 3.22. The average Bonchev–Trinajstić information content (AvgIpc) is 2.72. The molecule has 1 fully saturated rings. The van der Waals surface area contributed by atoms with E-state index in [-0.39, 0.29) is 0 Å². The Labute approximate surface area is 104 Å². The van der Waals surface area contributed by atoms with Crippen LogP contribution in [0.3, 0.4) is 0 Å². The summed E-state index contributed by atoms with van der Waals surface area (Å²) in [6.45, 7) is 5.62. The molecular weight excluding hydrogens is 210 g/mol. The van der Waals surface area contributed by atoms with E-state index in [4.69, 9.17) is 0 Å². The van der Waals surface area contributed by atoms with Gasteiger partial charge in [-0.3, -0.25) is 0 Å². The molecule has 2 rings (SSSR count). The van der Waals surface area contributed by atoms with Crippen molar-refractivity contribution in [3.05, 3.63) is 29.8 Å². The van der Waals surface area contributed by atoms with E-state index in [1.54, 1.807) is 6.07 Å². The van der Waals surface area contributed by atoms with E-state index in [0.29, 0.717) is 11.8 Å². The minimum absolute atomic E-state index is 0.315. The van der Waals surface area contributed by atoms with E-state index in [1.807, 2.05) is 12.1 Å². The Kier molecular flexibility index (Phi) is 4.06. The van der Waals surface area contributed by atoms with Crippen LogP contribution in [0.2, 0.25) is 0 Å². The van der Waals surface area contributed by atoms with Gasteiger partial charge in [0.05, 0.1) is 0 Å². The Balaban J connectivity index is 1.86. The van der Waals surface area contributed by atoms with Crippen LogP contribution in [0.4, 0.5) is 0 Å². The first-order chi connectivity index (χ1) is 8.16. The first-order valence-electron chi connectivity index (χ1n) is 6.69. The van der Waals surface area contributed by atoms with Crippen molar-refractivity contribution in [2.45, 2.75) is 39.2 Å². The molecule has 0 aliphatic heterocycles. The summed E-state index contributed by atoms with van der Waals surface area (Å²) in [5, 5.41) is 13.0. The van der Waals surface area contributed by atoms with Gasteiger partial charge in [0.25, 0.3) is 0 Å². The molecule has 17 heavy (non-hydrogen) atoms. The summed E-state index contributed by atoms with van der Waals surface area (Å²) in [5.41, 5.74) is 1.16. The second-order valence-electron chi connectivity index (χ2n) is 5.39. The largest absolute Gasteiger partial charge is 0.508 e. The normalized spacial score (nSPS) is 26.0. The molecule has 1 aliphatic carbocycles. The zero-order valence-electron chi connectivity index (χ0n) is 10.8. The number of hydrogen-bond donors (Lipinski definition) is 2. The van der Waals surface area contributed by atoms with Crippen LogP contribution >= 0.6 is 0 Å². The molecule has 0 heterocycles. The molecule has 3 atom stereocenters. The van der Waals surface area contributed by atoms with Crippen LogP contribution in [0, 0.1) is 11.8 Å². The highest BCUT2D eigenvalue weighted by Crippen LogP contribution is 2.31. The molecular formula is C15H23NO. The lowest BCUT2D eigenvalue weighted by atomic mass is 9.97. The van der Waals surface area contributed by atoms with Crippen molar-refractivity contribution < 1.29 is 5.11 Å². The Morgan fingerprint density at radius 3 is 2.88 bits per heavy atom. The van der Waals surface area contributed by atoms with Crippen LogP contribution in [0.1, 0.15) is 44.7 Å². The summed E-state index contributed by atoms with van der Waals surface area (Å²) < 4.78 is 0. The molecule has 2 nitrogen and oxygen atoms in total. The van der Waals surface area contributed by atoms with Gasteiger partial charge in [-0.15, -0.1) is 0 Å². The molecule has 0 amide bonds. The summed E-state index contributed by atoms with van der Waals surface area (Å²) in [6, 6.07) is 7.84. The molecule has 0 aromatic heterocycles. The third-order valence-corrected chi connectivity index (χ3v) is 4.10. The standard InChI is InChI=1S/C15H23NO/c1-11-5-3-7-14(11)10-16-12(2)13-6-4-8-15(17)9-13/h4,6,8-9,11-12,14,16-17H,3,5,7,10H2,1-2H3. The fraction of sp³-hybridized carbons (Fsp3) is 0.600. The van der Waals surface area contributed by atoms with Gasteiger partial charge in [0.2, 0.25) is 0 Å². The second kappa shape index (κ2) is 5.54. The van der Waals surface area contributed by atoms with Crippen molar-refractivity contribution in [3.8, 4) is 5.75 Å². The summed E-state index contributed by atoms with van der Waals surface area (Å²) in [5.74, 6) is 2.04. The van der Waals surface area contributed by atoms with Gasteiger partial charge in [0, 0.05) is 6.04 Å². The first kappa shape index (κ1) is 12.4. The molecule has 1 aliphatic rings. The highest BCUT2D eigenvalue weighted by atomic mass is 16.3. The predicted molar refractivity (Wildman–Crippen MR) is 71.0 cm³/mol. The summed E-state index contributed by atoms with van der Waals surface area (Å²) in [6.07, 6.45) is 4.13. The predicted octanol–water partition coefficient (Wildman–Crippen LogP) is 3.48. The lowest BCUT2D eigenvalue weighted by Gasteiger charge is -2.20. The summed E-state index contributed by atoms with van der Waals surface area (Å²) in [4.78, 5) is 0.